The normalized spacial score (nSPS) is 10.7. The van der Waals surface area contributed by atoms with Gasteiger partial charge in [0.25, 0.3) is 0 Å². The van der Waals surface area contributed by atoms with Gasteiger partial charge < -0.3 is 9.59 Å². The molecule has 0 aromatic heterocycles. The van der Waals surface area contributed by atoms with Crippen LogP contribution in [0, 0.1) is 6.08 Å². The summed E-state index contributed by atoms with van der Waals surface area (Å²) in [5.74, 6) is 0. The van der Waals surface area contributed by atoms with Crippen molar-refractivity contribution < 1.29 is 26.7 Å². The molecule has 0 aliphatic heterocycles. The molecule has 1 aliphatic rings. The van der Waals surface area contributed by atoms with E-state index in [4.69, 9.17) is 9.59 Å². The fourth-order valence-electron chi connectivity index (χ4n) is 0.470. The van der Waals surface area contributed by atoms with Gasteiger partial charge >= 0.3 is 0 Å². The molecule has 0 aromatic rings. The van der Waals surface area contributed by atoms with Gasteiger partial charge in [-0.25, -0.2) is 12.2 Å². The average Bonchev–Trinajstić information content (AvgIpc) is 2.42. The van der Waals surface area contributed by atoms with E-state index >= 15 is 0 Å². The Hall–Kier alpha value is -0.921. The second kappa shape index (κ2) is 22.5. The van der Waals surface area contributed by atoms with Crippen molar-refractivity contribution in [3.63, 3.8) is 0 Å². The van der Waals surface area contributed by atoms with E-state index in [1.54, 1.807) is 0 Å². The number of hydrogen-bond donors (Lipinski definition) is 0. The standard InChI is InChI=1S/C7H7.2CH2O.Fe/c1-2-4-6-7-5-3-1;2*1-2;/h1-5H,6H2;2*1H2;/q-1;;;. The van der Waals surface area contributed by atoms with E-state index < -0.39 is 0 Å². The fourth-order valence-corrected chi connectivity index (χ4v) is 0.470. The van der Waals surface area contributed by atoms with Crippen LogP contribution in [0.4, 0.5) is 0 Å². The zero-order valence-electron chi connectivity index (χ0n) is 6.68. The summed E-state index contributed by atoms with van der Waals surface area (Å²) in [5.41, 5.74) is 0. The number of allylic oxidation sites excluding steroid dienone is 6. The molecule has 2 nitrogen and oxygen atoms in total. The zero-order valence-corrected chi connectivity index (χ0v) is 7.78. The van der Waals surface area contributed by atoms with Crippen molar-refractivity contribution in [3.05, 3.63) is 36.5 Å². The maximum absolute atomic E-state index is 8.00. The molecule has 0 spiro atoms. The Labute approximate surface area is 83.5 Å². The first kappa shape index (κ1) is 17.2. The monoisotopic (exact) mass is 207 g/mol. The second-order valence-corrected chi connectivity index (χ2v) is 1.39. The Morgan fingerprint density at radius 1 is 1.00 bits per heavy atom. The summed E-state index contributed by atoms with van der Waals surface area (Å²) in [5, 5.41) is 0. The molecule has 0 amide bonds. The van der Waals surface area contributed by atoms with E-state index in [0.29, 0.717) is 0 Å². The Morgan fingerprint density at radius 3 is 2.17 bits per heavy atom. The van der Waals surface area contributed by atoms with Gasteiger partial charge in [-0.2, -0.15) is 0 Å². The number of hydrogen-bond acceptors (Lipinski definition) is 2. The molecule has 0 atom stereocenters. The van der Waals surface area contributed by atoms with Crippen LogP contribution in [0.25, 0.3) is 0 Å². The third kappa shape index (κ3) is 16.0. The van der Waals surface area contributed by atoms with Gasteiger partial charge in [-0.15, -0.1) is 6.08 Å². The molecule has 0 heterocycles. The minimum atomic E-state index is 0. The smallest absolute Gasteiger partial charge is 0.106 e. The summed E-state index contributed by atoms with van der Waals surface area (Å²) in [7, 11) is 0. The van der Waals surface area contributed by atoms with E-state index in [1.165, 1.54) is 0 Å². The van der Waals surface area contributed by atoms with Crippen molar-refractivity contribution >= 4 is 13.6 Å². The third-order valence-corrected chi connectivity index (χ3v) is 0.808. The van der Waals surface area contributed by atoms with Gasteiger partial charge in [-0.3, -0.25) is 6.08 Å². The summed E-state index contributed by atoms with van der Waals surface area (Å²) >= 11 is 0. The van der Waals surface area contributed by atoms with Crippen LogP contribution < -0.4 is 0 Å². The maximum Gasteiger partial charge on any atom is 0.106 e. The molecular weight excluding hydrogens is 196 g/mol. The molecule has 1 aliphatic carbocycles. The number of carbonyl (C=O) groups excluding carboxylic acids is 2. The number of carbonyl (C=O) groups is 2. The van der Waals surface area contributed by atoms with Gasteiger partial charge in [0.2, 0.25) is 0 Å². The van der Waals surface area contributed by atoms with Gasteiger partial charge in [0.05, 0.1) is 0 Å². The van der Waals surface area contributed by atoms with E-state index in [0.717, 1.165) is 6.42 Å². The van der Waals surface area contributed by atoms with Crippen LogP contribution in [0.15, 0.2) is 30.4 Å². The predicted molar refractivity (Wildman–Crippen MR) is 45.0 cm³/mol. The summed E-state index contributed by atoms with van der Waals surface area (Å²) in [6.07, 6.45) is 14.0. The Kier molecular flexibility index (Phi) is 32.3. The average molecular weight is 207 g/mol. The minimum Gasteiger partial charge on any atom is -0.307 e. The van der Waals surface area contributed by atoms with Crippen LogP contribution in [0.1, 0.15) is 6.42 Å². The van der Waals surface area contributed by atoms with Gasteiger partial charge in [-0.05, 0) is 0 Å². The van der Waals surface area contributed by atoms with Crippen molar-refractivity contribution in [2.24, 2.45) is 0 Å². The predicted octanol–water partition coefficient (Wildman–Crippen LogP) is 1.49. The van der Waals surface area contributed by atoms with Gasteiger partial charge in [0.15, 0.2) is 0 Å². The Morgan fingerprint density at radius 2 is 1.58 bits per heavy atom. The van der Waals surface area contributed by atoms with Crippen LogP contribution in [-0.2, 0) is 26.7 Å². The van der Waals surface area contributed by atoms with E-state index in [1.807, 2.05) is 37.9 Å². The van der Waals surface area contributed by atoms with Crippen LogP contribution in [-0.4, -0.2) is 13.6 Å². The van der Waals surface area contributed by atoms with E-state index in [-0.39, 0.29) is 17.1 Å². The van der Waals surface area contributed by atoms with Crippen molar-refractivity contribution in [3.8, 4) is 0 Å². The molecule has 0 N–H and O–H groups in total. The van der Waals surface area contributed by atoms with Gasteiger partial charge in [0.1, 0.15) is 13.6 Å². The van der Waals surface area contributed by atoms with Crippen LogP contribution in [0.3, 0.4) is 0 Å². The van der Waals surface area contributed by atoms with Crippen molar-refractivity contribution in [1.29, 1.82) is 0 Å². The summed E-state index contributed by atoms with van der Waals surface area (Å²) in [6.45, 7) is 4.00. The molecule has 3 heteroatoms. The fraction of sp³-hybridized carbons (Fsp3) is 0.111. The molecule has 0 fully saturated rings. The molecule has 0 unspecified atom stereocenters. The molecule has 0 saturated heterocycles. The quantitative estimate of drug-likeness (QED) is 0.445. The first-order chi connectivity index (χ1) is 5.50. The molecule has 0 saturated carbocycles. The molecule has 12 heavy (non-hydrogen) atoms. The largest absolute Gasteiger partial charge is 0.307 e. The molecule has 0 bridgehead atoms. The molecule has 68 valence electrons. The van der Waals surface area contributed by atoms with Crippen LogP contribution in [0.5, 0.6) is 0 Å². The maximum atomic E-state index is 8.00. The van der Waals surface area contributed by atoms with Crippen LogP contribution in [0.2, 0.25) is 0 Å². The van der Waals surface area contributed by atoms with Crippen molar-refractivity contribution in [2.45, 2.75) is 6.42 Å². The first-order valence-corrected chi connectivity index (χ1v) is 2.96. The van der Waals surface area contributed by atoms with E-state index in [9.17, 15) is 0 Å². The Bertz CT molecular complexity index is 135. The first-order valence-electron chi connectivity index (χ1n) is 2.96. The minimum absolute atomic E-state index is 0. The van der Waals surface area contributed by atoms with E-state index in [2.05, 4.69) is 12.2 Å². The second-order valence-electron chi connectivity index (χ2n) is 1.39. The molecule has 0 radical (unpaired) electrons. The summed E-state index contributed by atoms with van der Waals surface area (Å²) in [6, 6.07) is 0. The van der Waals surface area contributed by atoms with Crippen LogP contribution >= 0.6 is 0 Å². The topological polar surface area (TPSA) is 34.1 Å². The van der Waals surface area contributed by atoms with Gasteiger partial charge in [0, 0.05) is 17.1 Å². The zero-order chi connectivity index (χ0) is 8.95. The SMILES string of the molecule is C=O.C=O.[C-]1=CC=CC=CC1.[Fe]. The Balaban J connectivity index is -0.000000144. The third-order valence-electron chi connectivity index (χ3n) is 0.808. The molecule has 1 rings (SSSR count). The number of rotatable bonds is 0. The summed E-state index contributed by atoms with van der Waals surface area (Å²) < 4.78 is 0. The van der Waals surface area contributed by atoms with Gasteiger partial charge in [-0.1, -0.05) is 18.6 Å². The van der Waals surface area contributed by atoms with Crippen molar-refractivity contribution in [2.75, 3.05) is 0 Å². The molecular formula is C9H11FeO2-. The summed E-state index contributed by atoms with van der Waals surface area (Å²) in [4.78, 5) is 16.0. The van der Waals surface area contributed by atoms with Crippen molar-refractivity contribution in [1.82, 2.24) is 0 Å². The molecule has 0 aromatic carbocycles.